The number of piperazine rings is 1. The molecule has 2 atom stereocenters. The van der Waals surface area contributed by atoms with Crippen LogP contribution in [-0.2, 0) is 19.1 Å². The average Bonchev–Trinajstić information content (AvgIpc) is 3.98. The van der Waals surface area contributed by atoms with Crippen LogP contribution in [0.4, 0.5) is 28.8 Å². The number of likely N-dealkylation sites (N-methyl/N-ethyl adjacent to an activating group) is 1. The van der Waals surface area contributed by atoms with E-state index in [9.17, 15) is 28.8 Å². The number of rotatable bonds is 16. The van der Waals surface area contributed by atoms with Crippen molar-refractivity contribution in [3.05, 3.63) is 59.3 Å². The highest BCUT2D eigenvalue weighted by atomic mass is 16.5. The number of nitrogens with one attached hydrogen (secondary N) is 4. The van der Waals surface area contributed by atoms with E-state index in [1.807, 2.05) is 13.0 Å². The Morgan fingerprint density at radius 3 is 2.40 bits per heavy atom. The van der Waals surface area contributed by atoms with E-state index in [-0.39, 0.29) is 53.9 Å². The molecule has 0 bridgehead atoms. The van der Waals surface area contributed by atoms with E-state index in [2.05, 4.69) is 41.0 Å². The molecule has 1 unspecified atom stereocenters. The fourth-order valence-corrected chi connectivity index (χ4v) is 10.9. The van der Waals surface area contributed by atoms with Gasteiger partial charge in [-0.3, -0.25) is 48.8 Å². The van der Waals surface area contributed by atoms with E-state index in [1.165, 1.54) is 0 Å². The number of carbonyl (C=O) groups is 6. The number of hydrogen-bond donors (Lipinski definition) is 4. The molecule has 19 heteroatoms. The minimum Gasteiger partial charge on any atom is -0.495 e. The summed E-state index contributed by atoms with van der Waals surface area (Å²) in [6.45, 7) is 8.14. The molecule has 6 aliphatic rings. The summed E-state index contributed by atoms with van der Waals surface area (Å²) in [5, 5.41) is 12.0. The molecule has 6 amide bonds. The molecular weight excluding hydrogens is 871 g/mol. The molecule has 2 aliphatic carbocycles. The second kappa shape index (κ2) is 20.6. The van der Waals surface area contributed by atoms with Gasteiger partial charge in [-0.1, -0.05) is 25.8 Å². The Morgan fingerprint density at radius 2 is 1.66 bits per heavy atom. The van der Waals surface area contributed by atoms with Gasteiger partial charge in [0.2, 0.25) is 23.7 Å². The smallest absolute Gasteiger partial charge is 0.264 e. The van der Waals surface area contributed by atoms with Crippen molar-refractivity contribution in [2.24, 2.45) is 0 Å². The SMILES string of the molecule is CC[C@@H]1C(=O)N(C)c2cnc(Nc3ccc(C(=O)N[C@H]4CC[C@H](N5CCN(CCOCCNc6cccc7c6C(=O)N(C6CCC(=O)NC6=O)C7=O)CC5)CC4)cc3OC)nc2N1C1CCCC1. The first-order valence-corrected chi connectivity index (χ1v) is 24.3. The molecular formula is C49H63N11O8. The molecule has 68 heavy (non-hydrogen) atoms. The van der Waals surface area contributed by atoms with Gasteiger partial charge in [0.25, 0.3) is 17.7 Å². The number of ether oxygens (including phenoxy) is 2. The van der Waals surface area contributed by atoms with Crippen LogP contribution < -0.4 is 35.8 Å². The summed E-state index contributed by atoms with van der Waals surface area (Å²) < 4.78 is 11.7. The lowest BCUT2D eigenvalue weighted by Crippen LogP contribution is -2.55. The van der Waals surface area contributed by atoms with Crippen molar-refractivity contribution < 1.29 is 38.2 Å². The van der Waals surface area contributed by atoms with Crippen molar-refractivity contribution >= 4 is 64.3 Å². The Balaban J connectivity index is 0.688. The van der Waals surface area contributed by atoms with Crippen molar-refractivity contribution in [1.82, 2.24) is 35.3 Å². The molecule has 5 heterocycles. The number of carbonyl (C=O) groups excluding carboxylic acids is 6. The molecule has 19 nitrogen and oxygen atoms in total. The zero-order valence-electron chi connectivity index (χ0n) is 39.3. The third kappa shape index (κ3) is 9.60. The average molecular weight is 934 g/mol. The molecule has 2 saturated carbocycles. The number of aromatic nitrogens is 2. The maximum Gasteiger partial charge on any atom is 0.264 e. The minimum absolute atomic E-state index is 0.0689. The maximum absolute atomic E-state index is 13.5. The van der Waals surface area contributed by atoms with Crippen LogP contribution in [-0.4, -0.2) is 157 Å². The minimum atomic E-state index is -1.01. The van der Waals surface area contributed by atoms with Crippen LogP contribution in [0.5, 0.6) is 5.75 Å². The van der Waals surface area contributed by atoms with E-state index in [0.29, 0.717) is 66.5 Å². The third-order valence-corrected chi connectivity index (χ3v) is 14.7. The zero-order valence-corrected chi connectivity index (χ0v) is 39.3. The van der Waals surface area contributed by atoms with Crippen molar-refractivity contribution in [1.29, 1.82) is 0 Å². The lowest BCUT2D eigenvalue weighted by Gasteiger charge is -2.43. The molecule has 4 fully saturated rings. The number of methoxy groups -OCH3 is 1. The summed E-state index contributed by atoms with van der Waals surface area (Å²) in [4.78, 5) is 96.8. The number of imide groups is 2. The summed E-state index contributed by atoms with van der Waals surface area (Å²) in [5.41, 5.74) is 2.84. The second-order valence-corrected chi connectivity index (χ2v) is 18.7. The van der Waals surface area contributed by atoms with E-state index >= 15 is 0 Å². The number of fused-ring (bicyclic) bond motifs is 2. The van der Waals surface area contributed by atoms with Crippen LogP contribution in [0.25, 0.3) is 0 Å². The Kier molecular flexibility index (Phi) is 14.2. The number of piperidine rings is 1. The Labute approximate surface area is 396 Å². The van der Waals surface area contributed by atoms with Crippen molar-refractivity contribution in [2.75, 3.05) is 87.1 Å². The summed E-state index contributed by atoms with van der Waals surface area (Å²) in [7, 11) is 3.37. The molecule has 2 saturated heterocycles. The topological polar surface area (TPSA) is 211 Å². The number of hydrogen-bond acceptors (Lipinski definition) is 15. The van der Waals surface area contributed by atoms with Crippen LogP contribution in [0.2, 0.25) is 0 Å². The first-order valence-electron chi connectivity index (χ1n) is 24.3. The van der Waals surface area contributed by atoms with Gasteiger partial charge in [0, 0.05) is 82.1 Å². The number of benzene rings is 2. The van der Waals surface area contributed by atoms with E-state index < -0.39 is 29.7 Å². The molecule has 1 aromatic heterocycles. The van der Waals surface area contributed by atoms with Gasteiger partial charge in [0.15, 0.2) is 5.82 Å². The predicted molar refractivity (Wildman–Crippen MR) is 254 cm³/mol. The standard InChI is InChI=1S/C49H63N11O8/c1-4-37-47(65)56(2)39-29-51-49(55-43(39)59(37)33-8-5-6-9-33)53-35-17-12-30(28-40(35)67-3)44(62)52-31-13-15-32(16-14-31)58-23-21-57(22-24-58)25-27-68-26-20-50-36-11-7-10-34-42(36)48(66)60(46(34)64)38-18-19-41(61)54-45(38)63/h7,10-12,17,28-29,31-33,37-38,50H,4-6,8-9,13-16,18-27H2,1-3H3,(H,52,62)(H,51,53,55)(H,54,61,63)/t31-,32-,37-,38?/m1/s1. The normalized spacial score (nSPS) is 23.7. The van der Waals surface area contributed by atoms with Gasteiger partial charge in [-0.25, -0.2) is 4.98 Å². The third-order valence-electron chi connectivity index (χ3n) is 14.7. The van der Waals surface area contributed by atoms with Crippen LogP contribution in [0.1, 0.15) is 109 Å². The largest absolute Gasteiger partial charge is 0.495 e. The quantitative estimate of drug-likeness (QED) is 0.119. The van der Waals surface area contributed by atoms with Crippen molar-refractivity contribution in [3.63, 3.8) is 0 Å². The van der Waals surface area contributed by atoms with Crippen LogP contribution in [0.15, 0.2) is 42.6 Å². The van der Waals surface area contributed by atoms with Crippen LogP contribution in [0, 0.1) is 0 Å². The predicted octanol–water partition coefficient (Wildman–Crippen LogP) is 3.92. The van der Waals surface area contributed by atoms with Gasteiger partial charge in [0.1, 0.15) is 23.5 Å². The highest BCUT2D eigenvalue weighted by Gasteiger charge is 2.46. The molecule has 0 radical (unpaired) electrons. The number of anilines is 5. The summed E-state index contributed by atoms with van der Waals surface area (Å²) >= 11 is 0. The van der Waals surface area contributed by atoms with Gasteiger partial charge in [-0.05, 0) is 81.7 Å². The molecule has 3 aromatic rings. The maximum atomic E-state index is 13.5. The number of nitrogens with zero attached hydrogens (tertiary/aromatic N) is 7. The molecule has 4 aliphatic heterocycles. The Morgan fingerprint density at radius 1 is 0.882 bits per heavy atom. The van der Waals surface area contributed by atoms with Crippen molar-refractivity contribution in [3.8, 4) is 5.75 Å². The second-order valence-electron chi connectivity index (χ2n) is 18.7. The summed E-state index contributed by atoms with van der Waals surface area (Å²) in [6.07, 6.45) is 10.8. The fourth-order valence-electron chi connectivity index (χ4n) is 10.9. The monoisotopic (exact) mass is 933 g/mol. The molecule has 9 rings (SSSR count). The van der Waals surface area contributed by atoms with Gasteiger partial charge in [-0.15, -0.1) is 0 Å². The molecule has 4 N–H and O–H groups in total. The molecule has 0 spiro atoms. The van der Waals surface area contributed by atoms with Gasteiger partial charge in [-0.2, -0.15) is 4.98 Å². The lowest BCUT2D eigenvalue weighted by atomic mass is 9.89. The molecule has 362 valence electrons. The van der Waals surface area contributed by atoms with E-state index in [0.717, 1.165) is 94.8 Å². The molecule has 2 aromatic carbocycles. The van der Waals surface area contributed by atoms with E-state index in [1.54, 1.807) is 55.6 Å². The lowest BCUT2D eigenvalue weighted by molar-refractivity contribution is -0.136. The summed E-state index contributed by atoms with van der Waals surface area (Å²) in [6, 6.07) is 9.95. The van der Waals surface area contributed by atoms with E-state index in [4.69, 9.17) is 14.5 Å². The Hall–Kier alpha value is -6.18. The van der Waals surface area contributed by atoms with Crippen molar-refractivity contribution in [2.45, 2.75) is 108 Å². The fraction of sp³-hybridized carbons (Fsp3) is 0.551. The highest BCUT2D eigenvalue weighted by molar-refractivity contribution is 6.25. The first kappa shape index (κ1) is 46.9. The van der Waals surface area contributed by atoms with Crippen LogP contribution >= 0.6 is 0 Å². The first-order chi connectivity index (χ1) is 33.0. The zero-order chi connectivity index (χ0) is 47.5. The Bertz CT molecular complexity index is 2410. The van der Waals surface area contributed by atoms with Crippen LogP contribution in [0.3, 0.4) is 0 Å². The highest BCUT2D eigenvalue weighted by Crippen LogP contribution is 2.41. The summed E-state index contributed by atoms with van der Waals surface area (Å²) in [5.74, 6) is -0.515. The van der Waals surface area contributed by atoms with Gasteiger partial charge >= 0.3 is 0 Å². The van der Waals surface area contributed by atoms with Gasteiger partial charge in [0.05, 0.1) is 43.3 Å². The number of amides is 6. The van der Waals surface area contributed by atoms with Gasteiger partial charge < -0.3 is 35.2 Å².